The Hall–Kier alpha value is -2.57. The second-order valence-corrected chi connectivity index (χ2v) is 8.15. The van der Waals surface area contributed by atoms with Crippen LogP contribution in [0.1, 0.15) is 30.0 Å². The number of methoxy groups -OCH3 is 1. The maximum Gasteiger partial charge on any atom is 0.315 e. The molecule has 30 heavy (non-hydrogen) atoms. The molecule has 0 aromatic heterocycles. The lowest BCUT2D eigenvalue weighted by Gasteiger charge is -2.32. The monoisotopic (exact) mass is 410 g/mol. The molecule has 0 bridgehead atoms. The molecule has 1 aliphatic rings. The Bertz CT molecular complexity index is 789. The number of carbonyl (C=O) groups is 1. The van der Waals surface area contributed by atoms with Gasteiger partial charge in [0.15, 0.2) is 0 Å². The highest BCUT2D eigenvalue weighted by Crippen LogP contribution is 2.22. The number of benzene rings is 2. The Morgan fingerprint density at radius 3 is 2.53 bits per heavy atom. The van der Waals surface area contributed by atoms with Crippen LogP contribution in [0.15, 0.2) is 54.6 Å². The van der Waals surface area contributed by atoms with Crippen molar-refractivity contribution in [1.29, 1.82) is 0 Å². The van der Waals surface area contributed by atoms with Gasteiger partial charge in [0, 0.05) is 32.2 Å². The molecule has 0 radical (unpaired) electrons. The van der Waals surface area contributed by atoms with E-state index in [4.69, 9.17) is 4.74 Å². The number of hydrogen-bond donors (Lipinski definition) is 2. The molecule has 1 saturated heterocycles. The van der Waals surface area contributed by atoms with E-state index in [0.29, 0.717) is 6.54 Å². The Labute approximate surface area is 180 Å². The number of nitrogens with one attached hydrogen (secondary N) is 2. The first kappa shape index (κ1) is 22.1. The van der Waals surface area contributed by atoms with E-state index in [1.54, 1.807) is 7.11 Å². The fraction of sp³-hybridized carbons (Fsp3) is 0.458. The number of likely N-dealkylation sites (N-methyl/N-ethyl adjacent to an activating group) is 1. The Morgan fingerprint density at radius 1 is 1.13 bits per heavy atom. The number of hydrogen-bond acceptors (Lipinski definition) is 4. The number of ether oxygens (including phenoxy) is 1. The van der Waals surface area contributed by atoms with Crippen molar-refractivity contribution in [2.45, 2.75) is 31.5 Å². The van der Waals surface area contributed by atoms with Gasteiger partial charge in [0.25, 0.3) is 0 Å². The van der Waals surface area contributed by atoms with Crippen LogP contribution >= 0.6 is 0 Å². The minimum absolute atomic E-state index is 0.0820. The number of carbonyl (C=O) groups excluding carboxylic acids is 1. The Balaban J connectivity index is 1.43. The normalized spacial score (nSPS) is 16.3. The molecule has 162 valence electrons. The molecule has 6 heteroatoms. The molecule has 1 unspecified atom stereocenters. The number of amides is 2. The van der Waals surface area contributed by atoms with E-state index >= 15 is 0 Å². The molecular formula is C24H34N4O2. The smallest absolute Gasteiger partial charge is 0.315 e. The standard InChI is InChI=1S/C24H34N4O2/c1-27(2)23(20-10-7-11-22(16-20)30-3)17-25-24(29)26-21-12-14-28(15-13-21)18-19-8-5-4-6-9-19/h4-11,16,21,23H,12-15,17-18H2,1-3H3,(H2,25,26,29). The van der Waals surface area contributed by atoms with Gasteiger partial charge >= 0.3 is 6.03 Å². The zero-order valence-electron chi connectivity index (χ0n) is 18.3. The minimum atomic E-state index is -0.0914. The summed E-state index contributed by atoms with van der Waals surface area (Å²) >= 11 is 0. The van der Waals surface area contributed by atoms with Gasteiger partial charge in [-0.1, -0.05) is 42.5 Å². The van der Waals surface area contributed by atoms with Crippen molar-refractivity contribution in [2.24, 2.45) is 0 Å². The first-order valence-electron chi connectivity index (χ1n) is 10.7. The predicted octanol–water partition coefficient (Wildman–Crippen LogP) is 3.26. The van der Waals surface area contributed by atoms with Crippen molar-refractivity contribution in [3.63, 3.8) is 0 Å². The molecule has 3 rings (SSSR count). The molecule has 1 atom stereocenters. The van der Waals surface area contributed by atoms with Crippen LogP contribution in [0.3, 0.4) is 0 Å². The van der Waals surface area contributed by atoms with E-state index in [-0.39, 0.29) is 18.1 Å². The average Bonchev–Trinajstić information content (AvgIpc) is 2.76. The van der Waals surface area contributed by atoms with Gasteiger partial charge in [-0.3, -0.25) is 4.90 Å². The van der Waals surface area contributed by atoms with Gasteiger partial charge in [0.1, 0.15) is 5.75 Å². The third-order valence-corrected chi connectivity index (χ3v) is 5.73. The summed E-state index contributed by atoms with van der Waals surface area (Å²) in [5, 5.41) is 6.20. The fourth-order valence-electron chi connectivity index (χ4n) is 3.95. The maximum absolute atomic E-state index is 12.5. The second-order valence-electron chi connectivity index (χ2n) is 8.15. The molecule has 2 aromatic carbocycles. The molecule has 2 N–H and O–H groups in total. The van der Waals surface area contributed by atoms with E-state index in [2.05, 4.69) is 50.8 Å². The lowest BCUT2D eigenvalue weighted by Crippen LogP contribution is -2.48. The van der Waals surface area contributed by atoms with Gasteiger partial charge in [-0.05, 0) is 50.2 Å². The lowest BCUT2D eigenvalue weighted by molar-refractivity contribution is 0.185. The van der Waals surface area contributed by atoms with Crippen LogP contribution in [0.2, 0.25) is 0 Å². The van der Waals surface area contributed by atoms with Gasteiger partial charge in [0.05, 0.1) is 13.2 Å². The summed E-state index contributed by atoms with van der Waals surface area (Å²) in [6.07, 6.45) is 1.96. The quantitative estimate of drug-likeness (QED) is 0.701. The predicted molar refractivity (Wildman–Crippen MR) is 121 cm³/mol. The third-order valence-electron chi connectivity index (χ3n) is 5.73. The van der Waals surface area contributed by atoms with E-state index in [9.17, 15) is 4.79 Å². The molecule has 0 aliphatic carbocycles. The Morgan fingerprint density at radius 2 is 1.87 bits per heavy atom. The van der Waals surface area contributed by atoms with Crippen molar-refractivity contribution in [3.8, 4) is 5.75 Å². The third kappa shape index (κ3) is 6.47. The number of likely N-dealkylation sites (tertiary alicyclic amines) is 1. The summed E-state index contributed by atoms with van der Waals surface area (Å²) in [5.41, 5.74) is 2.46. The van der Waals surface area contributed by atoms with E-state index in [1.165, 1.54) is 5.56 Å². The minimum Gasteiger partial charge on any atom is -0.497 e. The summed E-state index contributed by atoms with van der Waals surface area (Å²) in [6.45, 7) is 3.53. The molecule has 1 heterocycles. The second kappa shape index (κ2) is 11.0. The van der Waals surface area contributed by atoms with Crippen LogP contribution in [0.25, 0.3) is 0 Å². The van der Waals surface area contributed by atoms with E-state index in [0.717, 1.165) is 43.8 Å². The van der Waals surface area contributed by atoms with Crippen molar-refractivity contribution in [3.05, 3.63) is 65.7 Å². The number of piperidine rings is 1. The van der Waals surface area contributed by atoms with Crippen LogP contribution in [-0.4, -0.2) is 62.7 Å². The van der Waals surface area contributed by atoms with Crippen LogP contribution in [0.4, 0.5) is 4.79 Å². The van der Waals surface area contributed by atoms with E-state index in [1.807, 2.05) is 38.4 Å². The number of rotatable bonds is 8. The zero-order valence-corrected chi connectivity index (χ0v) is 18.3. The van der Waals surface area contributed by atoms with Crippen LogP contribution in [0, 0.1) is 0 Å². The topological polar surface area (TPSA) is 56.8 Å². The lowest BCUT2D eigenvalue weighted by atomic mass is 10.0. The maximum atomic E-state index is 12.5. The number of nitrogens with zero attached hydrogens (tertiary/aromatic N) is 2. The van der Waals surface area contributed by atoms with Gasteiger partial charge in [-0.2, -0.15) is 0 Å². The SMILES string of the molecule is COc1cccc(C(CNC(=O)NC2CCN(Cc3ccccc3)CC2)N(C)C)c1. The molecule has 0 spiro atoms. The van der Waals surface area contributed by atoms with Gasteiger partial charge in [-0.25, -0.2) is 4.79 Å². The van der Waals surface area contributed by atoms with Gasteiger partial charge in [-0.15, -0.1) is 0 Å². The largest absolute Gasteiger partial charge is 0.497 e. The van der Waals surface area contributed by atoms with Crippen LogP contribution in [-0.2, 0) is 6.54 Å². The first-order chi connectivity index (χ1) is 14.5. The van der Waals surface area contributed by atoms with Gasteiger partial charge in [0.2, 0.25) is 0 Å². The molecule has 2 amide bonds. The summed E-state index contributed by atoms with van der Waals surface area (Å²) < 4.78 is 5.33. The first-order valence-corrected chi connectivity index (χ1v) is 10.7. The number of urea groups is 1. The van der Waals surface area contributed by atoms with Crippen LogP contribution < -0.4 is 15.4 Å². The van der Waals surface area contributed by atoms with Crippen molar-refractivity contribution in [2.75, 3.05) is 40.8 Å². The zero-order chi connectivity index (χ0) is 21.3. The highest BCUT2D eigenvalue weighted by Gasteiger charge is 2.22. The summed E-state index contributed by atoms with van der Waals surface area (Å²) in [7, 11) is 5.71. The Kier molecular flexibility index (Phi) is 8.11. The fourth-order valence-corrected chi connectivity index (χ4v) is 3.95. The molecular weight excluding hydrogens is 376 g/mol. The molecule has 1 fully saturated rings. The molecule has 0 saturated carbocycles. The van der Waals surface area contributed by atoms with Crippen molar-refractivity contribution >= 4 is 6.03 Å². The summed E-state index contributed by atoms with van der Waals surface area (Å²) in [4.78, 5) is 17.0. The highest BCUT2D eigenvalue weighted by molar-refractivity contribution is 5.74. The van der Waals surface area contributed by atoms with E-state index < -0.39 is 0 Å². The molecule has 1 aliphatic heterocycles. The van der Waals surface area contributed by atoms with Crippen LogP contribution in [0.5, 0.6) is 5.75 Å². The molecule has 6 nitrogen and oxygen atoms in total. The highest BCUT2D eigenvalue weighted by atomic mass is 16.5. The summed E-state index contributed by atoms with van der Waals surface area (Å²) in [6, 6.07) is 18.8. The summed E-state index contributed by atoms with van der Waals surface area (Å²) in [5.74, 6) is 0.825. The molecule has 2 aromatic rings. The van der Waals surface area contributed by atoms with Gasteiger partial charge < -0.3 is 20.3 Å². The average molecular weight is 411 g/mol. The van der Waals surface area contributed by atoms with Crippen molar-refractivity contribution in [1.82, 2.24) is 20.4 Å². The van der Waals surface area contributed by atoms with Crippen molar-refractivity contribution < 1.29 is 9.53 Å².